The van der Waals surface area contributed by atoms with E-state index in [1.807, 2.05) is 42.2 Å². The number of fused-ring (bicyclic) bond motifs is 1. The number of ether oxygens (including phenoxy) is 1. The van der Waals surface area contributed by atoms with Gasteiger partial charge in [-0.15, -0.1) is 13.2 Å². The van der Waals surface area contributed by atoms with Crippen molar-refractivity contribution in [3.8, 4) is 0 Å². The zero-order chi connectivity index (χ0) is 31.0. The van der Waals surface area contributed by atoms with Crippen molar-refractivity contribution in [3.63, 3.8) is 0 Å². The first-order valence-corrected chi connectivity index (χ1v) is 16.3. The topological polar surface area (TPSA) is 90.4 Å². The zero-order valence-electron chi connectivity index (χ0n) is 26.2. The molecule has 4 rings (SSSR count). The van der Waals surface area contributed by atoms with E-state index in [0.29, 0.717) is 64.8 Å². The monoisotopic (exact) mass is 593 g/mol. The minimum absolute atomic E-state index is 0.0899. The third-order valence-electron chi connectivity index (χ3n) is 9.81. The number of aliphatic hydroxyl groups is 1. The van der Waals surface area contributed by atoms with Crippen LogP contribution in [0.4, 0.5) is 0 Å². The summed E-state index contributed by atoms with van der Waals surface area (Å²) in [6, 6.07) is 9.06. The highest BCUT2D eigenvalue weighted by atomic mass is 16.5. The molecule has 0 aliphatic carbocycles. The van der Waals surface area contributed by atoms with E-state index in [-0.39, 0.29) is 24.3 Å². The molecule has 3 aliphatic heterocycles. The lowest BCUT2D eigenvalue weighted by atomic mass is 9.64. The van der Waals surface area contributed by atoms with E-state index in [2.05, 4.69) is 20.1 Å². The molecule has 3 aliphatic rings. The van der Waals surface area contributed by atoms with Gasteiger partial charge in [0.15, 0.2) is 0 Å². The third-order valence-corrected chi connectivity index (χ3v) is 9.81. The van der Waals surface area contributed by atoms with Crippen molar-refractivity contribution in [2.75, 3.05) is 32.8 Å². The van der Waals surface area contributed by atoms with Crippen LogP contribution in [0.2, 0.25) is 0 Å². The van der Waals surface area contributed by atoms with Gasteiger partial charge in [-0.2, -0.15) is 0 Å². The number of carbonyl (C=O) groups excluding carboxylic acids is 3. The second-order valence-electron chi connectivity index (χ2n) is 12.4. The predicted molar refractivity (Wildman–Crippen MR) is 168 cm³/mol. The van der Waals surface area contributed by atoms with Crippen molar-refractivity contribution in [2.24, 2.45) is 11.8 Å². The van der Waals surface area contributed by atoms with Crippen molar-refractivity contribution < 1.29 is 24.2 Å². The average Bonchev–Trinajstić information content (AvgIpc) is 3.62. The molecule has 3 amide bonds. The van der Waals surface area contributed by atoms with Gasteiger partial charge in [-0.3, -0.25) is 14.4 Å². The van der Waals surface area contributed by atoms with Crippen LogP contribution < -0.4 is 0 Å². The van der Waals surface area contributed by atoms with Crippen LogP contribution in [-0.4, -0.2) is 87.6 Å². The highest BCUT2D eigenvalue weighted by Gasteiger charge is 2.79. The Bertz CT molecular complexity index is 1140. The van der Waals surface area contributed by atoms with Crippen molar-refractivity contribution in [2.45, 2.75) is 95.4 Å². The molecule has 5 atom stereocenters. The summed E-state index contributed by atoms with van der Waals surface area (Å²) in [7, 11) is 0. The minimum Gasteiger partial charge on any atom is -0.396 e. The highest BCUT2D eigenvalue weighted by molar-refractivity contribution is 5.99. The number of carbonyl (C=O) groups is 3. The van der Waals surface area contributed by atoms with E-state index in [0.717, 1.165) is 31.2 Å². The molecule has 1 aromatic carbocycles. The van der Waals surface area contributed by atoms with Gasteiger partial charge < -0.3 is 24.5 Å². The van der Waals surface area contributed by atoms with Gasteiger partial charge in [0.05, 0.1) is 17.4 Å². The van der Waals surface area contributed by atoms with Gasteiger partial charge in [-0.25, -0.2) is 0 Å². The third kappa shape index (κ3) is 6.32. The van der Waals surface area contributed by atoms with Gasteiger partial charge in [-0.05, 0) is 50.5 Å². The van der Waals surface area contributed by atoms with E-state index in [4.69, 9.17) is 4.74 Å². The molecule has 1 spiro atoms. The number of likely N-dealkylation sites (tertiary alicyclic amines) is 1. The minimum atomic E-state index is -1.04. The largest absolute Gasteiger partial charge is 0.396 e. The van der Waals surface area contributed by atoms with E-state index in [1.165, 1.54) is 0 Å². The fourth-order valence-corrected chi connectivity index (χ4v) is 7.75. The maximum absolute atomic E-state index is 14.6. The number of hydrogen-bond donors (Lipinski definition) is 1. The first kappa shape index (κ1) is 32.9. The fraction of sp³-hybridized carbons (Fsp3) is 0.629. The molecule has 8 nitrogen and oxygen atoms in total. The van der Waals surface area contributed by atoms with Crippen molar-refractivity contribution in [1.29, 1.82) is 0 Å². The zero-order valence-corrected chi connectivity index (χ0v) is 26.2. The van der Waals surface area contributed by atoms with Gasteiger partial charge in [0.25, 0.3) is 0 Å². The van der Waals surface area contributed by atoms with E-state index in [1.54, 1.807) is 22.0 Å². The normalized spacial score (nSPS) is 27.3. The van der Waals surface area contributed by atoms with E-state index < -0.39 is 29.1 Å². The quantitative estimate of drug-likeness (QED) is 0.197. The Hall–Kier alpha value is -2.97. The smallest absolute Gasteiger partial charge is 0.248 e. The number of aliphatic hydroxyl groups excluding tert-OH is 1. The molecule has 43 heavy (non-hydrogen) atoms. The molecule has 3 heterocycles. The van der Waals surface area contributed by atoms with Crippen LogP contribution >= 0.6 is 0 Å². The van der Waals surface area contributed by atoms with Crippen LogP contribution in [0.15, 0.2) is 55.6 Å². The maximum atomic E-state index is 14.6. The molecule has 3 fully saturated rings. The van der Waals surface area contributed by atoms with Crippen LogP contribution in [-0.2, 0) is 25.7 Å². The van der Waals surface area contributed by atoms with Crippen LogP contribution in [0, 0.1) is 11.8 Å². The first-order valence-electron chi connectivity index (χ1n) is 16.3. The fourth-order valence-electron chi connectivity index (χ4n) is 7.75. The van der Waals surface area contributed by atoms with Gasteiger partial charge in [0, 0.05) is 39.3 Å². The van der Waals surface area contributed by atoms with Crippen LogP contribution in [0.5, 0.6) is 0 Å². The van der Waals surface area contributed by atoms with Gasteiger partial charge in [0.2, 0.25) is 17.7 Å². The Morgan fingerprint density at radius 2 is 1.72 bits per heavy atom. The molecule has 236 valence electrons. The number of rotatable bonds is 18. The summed E-state index contributed by atoms with van der Waals surface area (Å²) in [6.45, 7) is 14.2. The van der Waals surface area contributed by atoms with Crippen molar-refractivity contribution in [1.82, 2.24) is 14.7 Å². The van der Waals surface area contributed by atoms with Crippen LogP contribution in [0.1, 0.15) is 77.2 Å². The second kappa shape index (κ2) is 14.7. The number of nitrogens with zero attached hydrogens (tertiary/aromatic N) is 3. The maximum Gasteiger partial charge on any atom is 0.248 e. The molecule has 2 bridgehead atoms. The molecule has 3 saturated heterocycles. The van der Waals surface area contributed by atoms with Crippen LogP contribution in [0.3, 0.4) is 0 Å². The summed E-state index contributed by atoms with van der Waals surface area (Å²) in [5.41, 5.74) is -0.829. The molecule has 0 aromatic heterocycles. The van der Waals surface area contributed by atoms with Crippen LogP contribution in [0.25, 0.3) is 0 Å². The summed E-state index contributed by atoms with van der Waals surface area (Å²) < 4.78 is 7.00. The Kier molecular flexibility index (Phi) is 11.2. The number of amides is 3. The van der Waals surface area contributed by atoms with Gasteiger partial charge >= 0.3 is 0 Å². The Morgan fingerprint density at radius 1 is 1.00 bits per heavy atom. The molecule has 1 N–H and O–H groups in total. The second-order valence-corrected chi connectivity index (χ2v) is 12.4. The highest BCUT2D eigenvalue weighted by Crippen LogP contribution is 2.64. The number of unbranched alkanes of at least 4 members (excludes halogenated alkanes) is 4. The van der Waals surface area contributed by atoms with Gasteiger partial charge in [-0.1, -0.05) is 69.2 Å². The van der Waals surface area contributed by atoms with E-state index >= 15 is 0 Å². The van der Waals surface area contributed by atoms with Crippen molar-refractivity contribution in [3.05, 3.63) is 61.2 Å². The van der Waals surface area contributed by atoms with Crippen molar-refractivity contribution >= 4 is 17.7 Å². The number of hydrogen-bond acceptors (Lipinski definition) is 5. The molecule has 8 heteroatoms. The molecule has 0 radical (unpaired) electrons. The molecule has 2 unspecified atom stereocenters. The first-order chi connectivity index (χ1) is 20.8. The Morgan fingerprint density at radius 3 is 2.37 bits per heavy atom. The number of benzene rings is 1. The van der Waals surface area contributed by atoms with E-state index in [9.17, 15) is 19.5 Å². The summed E-state index contributed by atoms with van der Waals surface area (Å²) in [5.74, 6) is -1.76. The lowest BCUT2D eigenvalue weighted by Gasteiger charge is -2.37. The lowest BCUT2D eigenvalue weighted by Crippen LogP contribution is -2.56. The summed E-state index contributed by atoms with van der Waals surface area (Å²) >= 11 is 0. The van der Waals surface area contributed by atoms with Gasteiger partial charge in [0.1, 0.15) is 11.6 Å². The summed E-state index contributed by atoms with van der Waals surface area (Å²) in [5, 5.41) is 9.33. The standard InChI is InChI=1S/C35H51N3O5/c1-5-9-14-23-36(21-6-2)33(42)30-35-20-19-34(8-4,43-35)28(29(35)32(41)38(30)24-15-11-16-25-39)31(40)37(22-7-3)26-27-17-12-10-13-18-27/h6-7,10,12-13,17-18,28-30,39H,2-3,5,8-9,11,14-16,19-26H2,1,4H3/t28-,29+,30?,34+,35?/m1/s1. The predicted octanol–water partition coefficient (Wildman–Crippen LogP) is 4.72. The Balaban J connectivity index is 1.73. The summed E-state index contributed by atoms with van der Waals surface area (Å²) in [6.07, 6.45) is 10.2. The SMILES string of the molecule is C=CCN(CCCCC)C(=O)C1N(CCCCCO)C(=O)[C@@H]2[C@H](C(=O)N(CC=C)Cc3ccccc3)[C@]3(CC)CCC12O3. The average molecular weight is 594 g/mol. The molecule has 0 saturated carbocycles. The molecular formula is C35H51N3O5. The molecule has 1 aromatic rings. The Labute approximate surface area is 257 Å². The molecular weight excluding hydrogens is 542 g/mol. The lowest BCUT2D eigenvalue weighted by molar-refractivity contribution is -0.155. The summed E-state index contributed by atoms with van der Waals surface area (Å²) in [4.78, 5) is 48.9.